The van der Waals surface area contributed by atoms with Gasteiger partial charge in [0, 0.05) is 18.4 Å². The van der Waals surface area contributed by atoms with Crippen molar-refractivity contribution in [3.05, 3.63) is 59.0 Å². The molecule has 0 unspecified atom stereocenters. The summed E-state index contributed by atoms with van der Waals surface area (Å²) in [7, 11) is 0. The lowest BCUT2D eigenvalue weighted by molar-refractivity contribution is -0.115. The molecule has 0 bridgehead atoms. The number of hydrogen-bond acceptors (Lipinski definition) is 3. The first-order valence-electron chi connectivity index (χ1n) is 8.40. The molecule has 0 atom stereocenters. The van der Waals surface area contributed by atoms with E-state index in [0.29, 0.717) is 21.8 Å². The van der Waals surface area contributed by atoms with E-state index in [1.54, 1.807) is 12.1 Å². The molecule has 2 fully saturated rings. The van der Waals surface area contributed by atoms with Crippen molar-refractivity contribution in [1.82, 2.24) is 9.88 Å². The lowest BCUT2D eigenvalue weighted by atomic mass is 10.2. The minimum absolute atomic E-state index is 0.153. The Kier molecular flexibility index (Phi) is 4.44. The third-order valence-electron chi connectivity index (χ3n) is 4.49. The van der Waals surface area contributed by atoms with Crippen LogP contribution in [0.2, 0.25) is 0 Å². The molecule has 6 heteroatoms. The molecule has 1 saturated carbocycles. The molecule has 4 rings (SSSR count). The number of thioether (sulfide) groups is 1. The topological polar surface area (TPSA) is 46.4 Å². The van der Waals surface area contributed by atoms with Gasteiger partial charge in [-0.25, -0.2) is 9.38 Å². The van der Waals surface area contributed by atoms with Crippen LogP contribution in [0.25, 0.3) is 6.08 Å². The van der Waals surface area contributed by atoms with E-state index >= 15 is 0 Å². The highest BCUT2D eigenvalue weighted by atomic mass is 32.2. The van der Waals surface area contributed by atoms with Crippen molar-refractivity contribution in [2.45, 2.75) is 31.7 Å². The lowest BCUT2D eigenvalue weighted by Crippen LogP contribution is -2.19. The monoisotopic (exact) mass is 355 g/mol. The summed E-state index contributed by atoms with van der Waals surface area (Å²) in [5, 5.41) is 3.27. The van der Waals surface area contributed by atoms with Crippen LogP contribution in [0.15, 0.2) is 52.6 Å². The Labute approximate surface area is 149 Å². The molecule has 1 aliphatic heterocycles. The van der Waals surface area contributed by atoms with Gasteiger partial charge >= 0.3 is 0 Å². The fourth-order valence-corrected chi connectivity index (χ4v) is 4.05. The minimum Gasteiger partial charge on any atom is -0.351 e. The SMILES string of the molecule is O=C1NC(=Nc2ccc(F)cc2)S/C1=C/c1ccn(C2CCCC2)c1. The number of carbonyl (C=O) groups excluding carboxylic acids is 1. The number of aliphatic imine (C=N–C) groups is 1. The van der Waals surface area contributed by atoms with Gasteiger partial charge in [0.1, 0.15) is 5.82 Å². The first kappa shape index (κ1) is 16.1. The predicted molar refractivity (Wildman–Crippen MR) is 99.1 cm³/mol. The third kappa shape index (κ3) is 3.69. The van der Waals surface area contributed by atoms with Gasteiger partial charge in [-0.3, -0.25) is 4.79 Å². The maximum Gasteiger partial charge on any atom is 0.264 e. The Morgan fingerprint density at radius 3 is 2.72 bits per heavy atom. The molecular weight excluding hydrogens is 337 g/mol. The maximum absolute atomic E-state index is 12.9. The van der Waals surface area contributed by atoms with Crippen LogP contribution in [0.1, 0.15) is 37.3 Å². The summed E-state index contributed by atoms with van der Waals surface area (Å²) in [6, 6.07) is 8.49. The van der Waals surface area contributed by atoms with Gasteiger partial charge in [0.05, 0.1) is 10.6 Å². The summed E-state index contributed by atoms with van der Waals surface area (Å²) in [5.74, 6) is -0.459. The Morgan fingerprint density at radius 1 is 1.20 bits per heavy atom. The van der Waals surface area contributed by atoms with Gasteiger partial charge in [-0.2, -0.15) is 0 Å². The van der Waals surface area contributed by atoms with Crippen LogP contribution in [-0.2, 0) is 4.79 Å². The van der Waals surface area contributed by atoms with Gasteiger partial charge in [0.15, 0.2) is 5.17 Å². The van der Waals surface area contributed by atoms with E-state index in [-0.39, 0.29) is 11.7 Å². The molecule has 2 heterocycles. The number of nitrogens with one attached hydrogen (secondary N) is 1. The molecule has 1 saturated heterocycles. The highest BCUT2D eigenvalue weighted by Gasteiger charge is 2.24. The third-order valence-corrected chi connectivity index (χ3v) is 5.40. The zero-order valence-electron chi connectivity index (χ0n) is 13.6. The van der Waals surface area contributed by atoms with E-state index in [1.165, 1.54) is 49.6 Å². The van der Waals surface area contributed by atoms with Crippen molar-refractivity contribution in [3.63, 3.8) is 0 Å². The number of amides is 1. The smallest absolute Gasteiger partial charge is 0.264 e. The molecule has 128 valence electrons. The fraction of sp³-hybridized carbons (Fsp3) is 0.263. The van der Waals surface area contributed by atoms with Crippen molar-refractivity contribution >= 4 is 34.6 Å². The second-order valence-corrected chi connectivity index (χ2v) is 7.32. The van der Waals surface area contributed by atoms with Crippen molar-refractivity contribution in [1.29, 1.82) is 0 Å². The van der Waals surface area contributed by atoms with E-state index in [4.69, 9.17) is 0 Å². The normalized spacial score (nSPS) is 21.4. The van der Waals surface area contributed by atoms with Gasteiger partial charge in [-0.15, -0.1) is 0 Å². The highest BCUT2D eigenvalue weighted by Crippen LogP contribution is 2.31. The Morgan fingerprint density at radius 2 is 1.96 bits per heavy atom. The number of carbonyl (C=O) groups is 1. The second-order valence-electron chi connectivity index (χ2n) is 6.29. The Balaban J connectivity index is 1.50. The summed E-state index contributed by atoms with van der Waals surface area (Å²) < 4.78 is 15.2. The van der Waals surface area contributed by atoms with E-state index < -0.39 is 0 Å². The Bertz CT molecular complexity index is 848. The Hall–Kier alpha value is -2.34. The average molecular weight is 355 g/mol. The number of amidine groups is 1. The quantitative estimate of drug-likeness (QED) is 0.816. The van der Waals surface area contributed by atoms with Crippen molar-refractivity contribution in [2.24, 2.45) is 4.99 Å². The molecule has 1 N–H and O–H groups in total. The van der Waals surface area contributed by atoms with E-state index in [9.17, 15) is 9.18 Å². The largest absolute Gasteiger partial charge is 0.351 e. The highest BCUT2D eigenvalue weighted by molar-refractivity contribution is 8.18. The predicted octanol–water partition coefficient (Wildman–Crippen LogP) is 4.63. The number of nitrogens with zero attached hydrogens (tertiary/aromatic N) is 2. The first-order valence-corrected chi connectivity index (χ1v) is 9.22. The lowest BCUT2D eigenvalue weighted by Gasteiger charge is -2.10. The molecule has 4 nitrogen and oxygen atoms in total. The van der Waals surface area contributed by atoms with Gasteiger partial charge in [-0.05, 0) is 66.6 Å². The summed E-state index contributed by atoms with van der Waals surface area (Å²) in [6.45, 7) is 0. The first-order chi connectivity index (χ1) is 12.2. The average Bonchev–Trinajstić information content (AvgIpc) is 3.32. The molecule has 1 aromatic heterocycles. The van der Waals surface area contributed by atoms with Gasteiger partial charge in [-0.1, -0.05) is 12.8 Å². The number of benzene rings is 1. The van der Waals surface area contributed by atoms with Crippen LogP contribution in [-0.4, -0.2) is 15.6 Å². The van der Waals surface area contributed by atoms with Crippen LogP contribution in [0.5, 0.6) is 0 Å². The summed E-state index contributed by atoms with van der Waals surface area (Å²) in [4.78, 5) is 17.1. The molecule has 2 aromatic rings. The van der Waals surface area contributed by atoms with Crippen LogP contribution in [0.4, 0.5) is 10.1 Å². The van der Waals surface area contributed by atoms with Crippen LogP contribution < -0.4 is 5.32 Å². The molecule has 1 aromatic carbocycles. The van der Waals surface area contributed by atoms with Crippen molar-refractivity contribution in [3.8, 4) is 0 Å². The minimum atomic E-state index is -0.306. The number of aromatic nitrogens is 1. The van der Waals surface area contributed by atoms with Gasteiger partial charge < -0.3 is 9.88 Å². The summed E-state index contributed by atoms with van der Waals surface area (Å²) in [5.41, 5.74) is 1.63. The molecule has 25 heavy (non-hydrogen) atoms. The standard InChI is InChI=1S/C19H18FN3OS/c20-14-5-7-15(8-6-14)21-19-22-18(24)17(25-19)11-13-9-10-23(12-13)16-3-1-2-4-16/h5-12,16H,1-4H2,(H,21,22,24)/b17-11+. The van der Waals surface area contributed by atoms with Crippen molar-refractivity contribution in [2.75, 3.05) is 0 Å². The molecule has 1 amide bonds. The van der Waals surface area contributed by atoms with Gasteiger partial charge in [0.25, 0.3) is 5.91 Å². The maximum atomic E-state index is 12.9. The summed E-state index contributed by atoms with van der Waals surface area (Å²) >= 11 is 1.30. The van der Waals surface area contributed by atoms with Crippen LogP contribution >= 0.6 is 11.8 Å². The van der Waals surface area contributed by atoms with Gasteiger partial charge in [0.2, 0.25) is 0 Å². The van der Waals surface area contributed by atoms with Crippen LogP contribution in [0, 0.1) is 5.82 Å². The number of hydrogen-bond donors (Lipinski definition) is 1. The fourth-order valence-electron chi connectivity index (χ4n) is 3.21. The van der Waals surface area contributed by atoms with Crippen molar-refractivity contribution < 1.29 is 9.18 Å². The molecular formula is C19H18FN3OS. The van der Waals surface area contributed by atoms with E-state index in [1.807, 2.05) is 12.1 Å². The van der Waals surface area contributed by atoms with E-state index in [0.717, 1.165) is 5.56 Å². The molecule has 2 aliphatic rings. The summed E-state index contributed by atoms with van der Waals surface area (Å²) in [6.07, 6.45) is 11.1. The zero-order valence-corrected chi connectivity index (χ0v) is 14.4. The number of halogens is 1. The molecule has 0 radical (unpaired) electrons. The second kappa shape index (κ2) is 6.88. The number of rotatable bonds is 3. The van der Waals surface area contributed by atoms with E-state index in [2.05, 4.69) is 27.3 Å². The molecule has 0 spiro atoms. The zero-order chi connectivity index (χ0) is 17.2. The van der Waals surface area contributed by atoms with Crippen LogP contribution in [0.3, 0.4) is 0 Å². The molecule has 1 aliphatic carbocycles.